The Hall–Kier alpha value is -2.35. The molecule has 0 atom stereocenters. The number of aromatic carboxylic acids is 1. The second-order valence-electron chi connectivity index (χ2n) is 5.12. The van der Waals surface area contributed by atoms with E-state index in [1.165, 1.54) is 6.92 Å². The highest BCUT2D eigenvalue weighted by molar-refractivity contribution is 9.10. The molecule has 1 aromatic carbocycles. The minimum atomic E-state index is -4.65. The molecule has 0 saturated heterocycles. The molecule has 0 amide bonds. The van der Waals surface area contributed by atoms with Gasteiger partial charge in [0, 0.05) is 10.0 Å². The van der Waals surface area contributed by atoms with Gasteiger partial charge in [-0.1, -0.05) is 28.1 Å². The first kappa shape index (κ1) is 16.5. The van der Waals surface area contributed by atoms with Gasteiger partial charge in [0.15, 0.2) is 11.5 Å². The normalized spacial score (nSPS) is 11.9. The predicted octanol–water partition coefficient (Wildman–Crippen LogP) is 5.28. The van der Waals surface area contributed by atoms with Gasteiger partial charge in [-0.15, -0.1) is 0 Å². The van der Waals surface area contributed by atoms with Gasteiger partial charge >= 0.3 is 12.1 Å². The molecule has 0 spiro atoms. The molecule has 1 N–H and O–H groups in total. The van der Waals surface area contributed by atoms with Crippen molar-refractivity contribution in [2.45, 2.75) is 13.1 Å². The number of hydrogen-bond acceptors (Lipinski definition) is 3. The minimum absolute atomic E-state index is 0.0313. The first-order valence-corrected chi connectivity index (χ1v) is 7.48. The fourth-order valence-corrected chi connectivity index (χ4v) is 2.69. The quantitative estimate of drug-likeness (QED) is 0.636. The highest BCUT2D eigenvalue weighted by atomic mass is 79.9. The Morgan fingerprint density at radius 2 is 1.88 bits per heavy atom. The lowest BCUT2D eigenvalue weighted by molar-refractivity contribution is -0.141. The molecule has 0 aliphatic rings. The fraction of sp³-hybridized carbons (Fsp3) is 0.125. The van der Waals surface area contributed by atoms with Crippen molar-refractivity contribution >= 4 is 33.0 Å². The Labute approximate surface area is 142 Å². The summed E-state index contributed by atoms with van der Waals surface area (Å²) in [5.41, 5.74) is -1.40. The lowest BCUT2D eigenvalue weighted by Gasteiger charge is -2.08. The SMILES string of the molecule is Cc1cc2c(C(=O)O)c(-c3ccc(Br)cc3)oc2nc1C(F)(F)F. The van der Waals surface area contributed by atoms with Crippen molar-refractivity contribution in [1.82, 2.24) is 4.98 Å². The number of carbonyl (C=O) groups is 1. The smallest absolute Gasteiger partial charge is 0.433 e. The molecule has 8 heteroatoms. The van der Waals surface area contributed by atoms with Crippen molar-refractivity contribution in [3.63, 3.8) is 0 Å². The van der Waals surface area contributed by atoms with Crippen LogP contribution in [0.15, 0.2) is 39.2 Å². The third kappa shape index (κ3) is 2.77. The Morgan fingerprint density at radius 3 is 2.42 bits per heavy atom. The topological polar surface area (TPSA) is 63.3 Å². The van der Waals surface area contributed by atoms with Crippen LogP contribution in [-0.4, -0.2) is 16.1 Å². The number of aromatic nitrogens is 1. The van der Waals surface area contributed by atoms with Crippen molar-refractivity contribution in [1.29, 1.82) is 0 Å². The Balaban J connectivity index is 2.32. The predicted molar refractivity (Wildman–Crippen MR) is 83.8 cm³/mol. The molecule has 3 rings (SSSR count). The van der Waals surface area contributed by atoms with Crippen LogP contribution in [0.1, 0.15) is 21.6 Å². The van der Waals surface area contributed by atoms with Crippen molar-refractivity contribution in [2.24, 2.45) is 0 Å². The number of furan rings is 1. The molecule has 0 saturated carbocycles. The maximum absolute atomic E-state index is 13.0. The van der Waals surface area contributed by atoms with E-state index >= 15 is 0 Å². The van der Waals surface area contributed by atoms with Crippen LogP contribution < -0.4 is 0 Å². The highest BCUT2D eigenvalue weighted by Crippen LogP contribution is 2.37. The van der Waals surface area contributed by atoms with E-state index in [9.17, 15) is 23.1 Å². The Kier molecular flexibility index (Phi) is 3.87. The Bertz CT molecular complexity index is 946. The number of fused-ring (bicyclic) bond motifs is 1. The van der Waals surface area contributed by atoms with Gasteiger partial charge in [0.05, 0.1) is 5.39 Å². The number of carboxylic acids is 1. The average Bonchev–Trinajstić information content (AvgIpc) is 2.84. The largest absolute Gasteiger partial charge is 0.478 e. The molecule has 0 bridgehead atoms. The molecule has 124 valence electrons. The first-order chi connectivity index (χ1) is 11.2. The second kappa shape index (κ2) is 5.62. The van der Waals surface area contributed by atoms with E-state index in [4.69, 9.17) is 4.42 Å². The summed E-state index contributed by atoms with van der Waals surface area (Å²) in [5.74, 6) is -1.33. The molecular weight excluding hydrogens is 391 g/mol. The van der Waals surface area contributed by atoms with E-state index in [1.54, 1.807) is 24.3 Å². The molecule has 0 aliphatic carbocycles. The summed E-state index contributed by atoms with van der Waals surface area (Å²) in [6, 6.07) is 7.69. The summed E-state index contributed by atoms with van der Waals surface area (Å²) in [5, 5.41) is 9.50. The highest BCUT2D eigenvalue weighted by Gasteiger charge is 2.36. The standard InChI is InChI=1S/C16H9BrF3NO3/c1-7-6-10-11(15(22)23)12(8-2-4-9(17)5-3-8)24-14(10)21-13(7)16(18,19)20/h2-6H,1H3,(H,22,23). The van der Waals surface area contributed by atoms with Crippen LogP contribution in [-0.2, 0) is 6.18 Å². The van der Waals surface area contributed by atoms with Crippen molar-refractivity contribution in [3.8, 4) is 11.3 Å². The van der Waals surface area contributed by atoms with E-state index in [-0.39, 0.29) is 28.0 Å². The number of rotatable bonds is 2. The van der Waals surface area contributed by atoms with Crippen molar-refractivity contribution < 1.29 is 27.5 Å². The van der Waals surface area contributed by atoms with Gasteiger partial charge in [-0.3, -0.25) is 0 Å². The summed E-state index contributed by atoms with van der Waals surface area (Å²) >= 11 is 3.26. The lowest BCUT2D eigenvalue weighted by Crippen LogP contribution is -2.10. The monoisotopic (exact) mass is 399 g/mol. The van der Waals surface area contributed by atoms with Crippen LogP contribution in [0.25, 0.3) is 22.4 Å². The fourth-order valence-electron chi connectivity index (χ4n) is 2.43. The van der Waals surface area contributed by atoms with E-state index in [2.05, 4.69) is 20.9 Å². The molecule has 3 aromatic rings. The third-order valence-electron chi connectivity index (χ3n) is 3.46. The third-order valence-corrected chi connectivity index (χ3v) is 3.99. The van der Waals surface area contributed by atoms with E-state index in [0.29, 0.717) is 5.56 Å². The molecule has 24 heavy (non-hydrogen) atoms. The molecular formula is C16H9BrF3NO3. The van der Waals surface area contributed by atoms with Gasteiger partial charge < -0.3 is 9.52 Å². The van der Waals surface area contributed by atoms with Crippen LogP contribution in [0.5, 0.6) is 0 Å². The summed E-state index contributed by atoms with van der Waals surface area (Å²) in [7, 11) is 0. The summed E-state index contributed by atoms with van der Waals surface area (Å²) < 4.78 is 45.1. The van der Waals surface area contributed by atoms with Crippen molar-refractivity contribution in [3.05, 3.63) is 51.6 Å². The summed E-state index contributed by atoms with van der Waals surface area (Å²) in [4.78, 5) is 15.1. The average molecular weight is 400 g/mol. The van der Waals surface area contributed by atoms with Crippen LogP contribution in [0.3, 0.4) is 0 Å². The van der Waals surface area contributed by atoms with Crippen LogP contribution in [0, 0.1) is 6.92 Å². The zero-order valence-corrected chi connectivity index (χ0v) is 13.7. The van der Waals surface area contributed by atoms with E-state index in [0.717, 1.165) is 10.5 Å². The van der Waals surface area contributed by atoms with Gasteiger partial charge in [0.1, 0.15) is 5.56 Å². The number of benzene rings is 1. The van der Waals surface area contributed by atoms with Crippen LogP contribution >= 0.6 is 15.9 Å². The molecule has 0 radical (unpaired) electrons. The van der Waals surface area contributed by atoms with Crippen molar-refractivity contribution in [2.75, 3.05) is 0 Å². The first-order valence-electron chi connectivity index (χ1n) is 6.69. The number of hydrogen-bond donors (Lipinski definition) is 1. The maximum Gasteiger partial charge on any atom is 0.433 e. The second-order valence-corrected chi connectivity index (χ2v) is 6.04. The lowest BCUT2D eigenvalue weighted by atomic mass is 10.0. The summed E-state index contributed by atoms with van der Waals surface area (Å²) in [6.07, 6.45) is -4.65. The molecule has 0 aliphatic heterocycles. The van der Waals surface area contributed by atoms with E-state index in [1.807, 2.05) is 0 Å². The van der Waals surface area contributed by atoms with Gasteiger partial charge in [-0.05, 0) is 30.7 Å². The van der Waals surface area contributed by atoms with Gasteiger partial charge in [-0.2, -0.15) is 13.2 Å². The van der Waals surface area contributed by atoms with Gasteiger partial charge in [0.25, 0.3) is 0 Å². The molecule has 2 aromatic heterocycles. The number of pyridine rings is 1. The van der Waals surface area contributed by atoms with Gasteiger partial charge in [0.2, 0.25) is 5.71 Å². The zero-order valence-electron chi connectivity index (χ0n) is 12.1. The van der Waals surface area contributed by atoms with E-state index < -0.39 is 17.8 Å². The molecule has 2 heterocycles. The number of halogens is 4. The van der Waals surface area contributed by atoms with Crippen LogP contribution in [0.2, 0.25) is 0 Å². The Morgan fingerprint density at radius 1 is 1.25 bits per heavy atom. The number of alkyl halides is 3. The number of aryl methyl sites for hydroxylation is 1. The molecule has 4 nitrogen and oxygen atoms in total. The van der Waals surface area contributed by atoms with Crippen LogP contribution in [0.4, 0.5) is 13.2 Å². The minimum Gasteiger partial charge on any atom is -0.478 e. The number of nitrogens with zero attached hydrogens (tertiary/aromatic N) is 1. The zero-order chi connectivity index (χ0) is 17.6. The van der Waals surface area contributed by atoms with Gasteiger partial charge in [-0.25, -0.2) is 9.78 Å². The molecule has 0 unspecified atom stereocenters. The number of carboxylic acid groups (broad SMARTS) is 1. The maximum atomic E-state index is 13.0. The molecule has 0 fully saturated rings. The summed E-state index contributed by atoms with van der Waals surface area (Å²) in [6.45, 7) is 1.23.